The van der Waals surface area contributed by atoms with Crippen molar-refractivity contribution in [1.82, 2.24) is 0 Å². The Morgan fingerprint density at radius 1 is 0.824 bits per heavy atom. The van der Waals surface area contributed by atoms with Crippen molar-refractivity contribution in [2.75, 3.05) is 0 Å². The molecule has 0 saturated heterocycles. The lowest BCUT2D eigenvalue weighted by molar-refractivity contribution is -0.104. The Kier molecular flexibility index (Phi) is 3.71. The molecule has 0 N–H and O–H groups in total. The van der Waals surface area contributed by atoms with Crippen molar-refractivity contribution in [3.05, 3.63) is 66.2 Å². The summed E-state index contributed by atoms with van der Waals surface area (Å²) in [4.78, 5) is 10.2. The second kappa shape index (κ2) is 5.66. The minimum atomic E-state index is 0.758. The molecule has 0 atom stereocenters. The number of hydrogen-bond acceptors (Lipinski definition) is 2. The molecule has 2 aromatic rings. The highest BCUT2D eigenvalue weighted by atomic mass is 16.5. The summed E-state index contributed by atoms with van der Waals surface area (Å²) in [7, 11) is 0. The highest BCUT2D eigenvalue weighted by molar-refractivity contribution is 5.73. The second-order valence-corrected chi connectivity index (χ2v) is 3.48. The minimum absolute atomic E-state index is 0.758. The van der Waals surface area contributed by atoms with Crippen molar-refractivity contribution in [2.45, 2.75) is 0 Å². The standard InChI is InChI=1S/C15H12O2/c16-12-4-5-13-8-10-15(11-9-13)17-14-6-2-1-3-7-14/h1-12H. The first-order valence-electron chi connectivity index (χ1n) is 5.33. The van der Waals surface area contributed by atoms with Gasteiger partial charge in [0.05, 0.1) is 0 Å². The molecule has 2 rings (SSSR count). The van der Waals surface area contributed by atoms with Gasteiger partial charge in [0, 0.05) is 0 Å². The predicted octanol–water partition coefficient (Wildman–Crippen LogP) is 3.69. The molecule has 0 amide bonds. The molecule has 0 aliphatic rings. The van der Waals surface area contributed by atoms with Gasteiger partial charge in [-0.3, -0.25) is 4.79 Å². The number of benzene rings is 2. The molecule has 17 heavy (non-hydrogen) atoms. The van der Waals surface area contributed by atoms with Crippen molar-refractivity contribution in [3.8, 4) is 11.5 Å². The van der Waals surface area contributed by atoms with Crippen LogP contribution >= 0.6 is 0 Å². The van der Waals surface area contributed by atoms with Crippen LogP contribution in [0.3, 0.4) is 0 Å². The average molecular weight is 224 g/mol. The lowest BCUT2D eigenvalue weighted by Crippen LogP contribution is -1.83. The molecule has 2 nitrogen and oxygen atoms in total. The number of aldehydes is 1. The maximum absolute atomic E-state index is 10.2. The molecular formula is C15H12O2. The normalized spacial score (nSPS) is 10.4. The minimum Gasteiger partial charge on any atom is -0.457 e. The number of hydrogen-bond donors (Lipinski definition) is 0. The Bertz CT molecular complexity index is 498. The first-order chi connectivity index (χ1) is 8.38. The summed E-state index contributed by atoms with van der Waals surface area (Å²) in [5.74, 6) is 1.59. The monoisotopic (exact) mass is 224 g/mol. The van der Waals surface area contributed by atoms with Crippen LogP contribution in [0.2, 0.25) is 0 Å². The number of ether oxygens (including phenoxy) is 1. The van der Waals surface area contributed by atoms with E-state index in [0.717, 1.165) is 23.3 Å². The quantitative estimate of drug-likeness (QED) is 0.584. The Labute approximate surface area is 100 Å². The molecule has 2 aromatic carbocycles. The van der Waals surface area contributed by atoms with Crippen LogP contribution in [0.5, 0.6) is 11.5 Å². The number of carbonyl (C=O) groups is 1. The van der Waals surface area contributed by atoms with Gasteiger partial charge < -0.3 is 4.74 Å². The summed E-state index contributed by atoms with van der Waals surface area (Å²) in [5, 5.41) is 0. The predicted molar refractivity (Wildman–Crippen MR) is 68.1 cm³/mol. The van der Waals surface area contributed by atoms with Crippen LogP contribution < -0.4 is 4.74 Å². The van der Waals surface area contributed by atoms with Crippen molar-refractivity contribution < 1.29 is 9.53 Å². The van der Waals surface area contributed by atoms with Gasteiger partial charge in [0.25, 0.3) is 0 Å². The van der Waals surface area contributed by atoms with Gasteiger partial charge >= 0.3 is 0 Å². The zero-order chi connectivity index (χ0) is 11.9. The van der Waals surface area contributed by atoms with Gasteiger partial charge in [0.15, 0.2) is 0 Å². The molecule has 2 heteroatoms. The van der Waals surface area contributed by atoms with Crippen molar-refractivity contribution in [2.24, 2.45) is 0 Å². The molecule has 0 heterocycles. The van der Waals surface area contributed by atoms with E-state index in [4.69, 9.17) is 4.74 Å². The van der Waals surface area contributed by atoms with Gasteiger partial charge in [-0.05, 0) is 35.9 Å². The fourth-order valence-electron chi connectivity index (χ4n) is 1.42. The van der Waals surface area contributed by atoms with Crippen LogP contribution in [0.1, 0.15) is 5.56 Å². The molecule has 0 aromatic heterocycles. The highest BCUT2D eigenvalue weighted by Crippen LogP contribution is 2.21. The van der Waals surface area contributed by atoms with E-state index in [1.165, 1.54) is 6.08 Å². The SMILES string of the molecule is O=CC=Cc1ccc(Oc2ccccc2)cc1. The van der Waals surface area contributed by atoms with E-state index in [1.807, 2.05) is 54.6 Å². The topological polar surface area (TPSA) is 26.3 Å². The van der Waals surface area contributed by atoms with Gasteiger partial charge in [-0.25, -0.2) is 0 Å². The summed E-state index contributed by atoms with van der Waals surface area (Å²) in [6.45, 7) is 0. The summed E-state index contributed by atoms with van der Waals surface area (Å²) in [6.07, 6.45) is 3.97. The number of allylic oxidation sites excluding steroid dienone is 1. The Balaban J connectivity index is 2.08. The van der Waals surface area contributed by atoms with E-state index in [9.17, 15) is 4.79 Å². The molecule has 0 aliphatic heterocycles. The molecule has 84 valence electrons. The maximum Gasteiger partial charge on any atom is 0.142 e. The largest absolute Gasteiger partial charge is 0.457 e. The third kappa shape index (κ3) is 3.31. The number of para-hydroxylation sites is 1. The highest BCUT2D eigenvalue weighted by Gasteiger charge is 1.95. The fraction of sp³-hybridized carbons (Fsp3) is 0. The molecule has 0 bridgehead atoms. The average Bonchev–Trinajstić information content (AvgIpc) is 2.39. The van der Waals surface area contributed by atoms with Crippen LogP contribution in [-0.4, -0.2) is 6.29 Å². The molecule has 0 spiro atoms. The lowest BCUT2D eigenvalue weighted by Gasteiger charge is -2.05. The lowest BCUT2D eigenvalue weighted by atomic mass is 10.2. The Morgan fingerprint density at radius 3 is 2.12 bits per heavy atom. The summed E-state index contributed by atoms with van der Waals surface area (Å²) in [5.41, 5.74) is 0.970. The van der Waals surface area contributed by atoms with E-state index in [-0.39, 0.29) is 0 Å². The number of carbonyl (C=O) groups excluding carboxylic acids is 1. The zero-order valence-electron chi connectivity index (χ0n) is 9.24. The van der Waals surface area contributed by atoms with Crippen LogP contribution in [0.4, 0.5) is 0 Å². The third-order valence-electron chi connectivity index (χ3n) is 2.23. The smallest absolute Gasteiger partial charge is 0.142 e. The van der Waals surface area contributed by atoms with E-state index in [0.29, 0.717) is 0 Å². The van der Waals surface area contributed by atoms with Gasteiger partial charge in [-0.2, -0.15) is 0 Å². The van der Waals surface area contributed by atoms with Crippen LogP contribution in [0.25, 0.3) is 6.08 Å². The van der Waals surface area contributed by atoms with E-state index in [2.05, 4.69) is 0 Å². The van der Waals surface area contributed by atoms with Gasteiger partial charge in [-0.15, -0.1) is 0 Å². The first kappa shape index (κ1) is 11.1. The van der Waals surface area contributed by atoms with Gasteiger partial charge in [0.2, 0.25) is 0 Å². The van der Waals surface area contributed by atoms with E-state index < -0.39 is 0 Å². The Morgan fingerprint density at radius 2 is 1.47 bits per heavy atom. The third-order valence-corrected chi connectivity index (χ3v) is 2.23. The Hall–Kier alpha value is -2.35. The molecular weight excluding hydrogens is 212 g/mol. The fourth-order valence-corrected chi connectivity index (χ4v) is 1.42. The first-order valence-corrected chi connectivity index (χ1v) is 5.33. The summed E-state index contributed by atoms with van der Waals surface area (Å²) >= 11 is 0. The van der Waals surface area contributed by atoms with Gasteiger partial charge in [0.1, 0.15) is 17.8 Å². The van der Waals surface area contributed by atoms with Crippen LogP contribution in [-0.2, 0) is 4.79 Å². The molecule has 0 saturated carbocycles. The zero-order valence-corrected chi connectivity index (χ0v) is 9.24. The van der Waals surface area contributed by atoms with E-state index >= 15 is 0 Å². The molecule has 0 aliphatic carbocycles. The van der Waals surface area contributed by atoms with Crippen LogP contribution in [0, 0.1) is 0 Å². The second-order valence-electron chi connectivity index (χ2n) is 3.48. The van der Waals surface area contributed by atoms with Crippen molar-refractivity contribution in [1.29, 1.82) is 0 Å². The van der Waals surface area contributed by atoms with E-state index in [1.54, 1.807) is 6.08 Å². The van der Waals surface area contributed by atoms with Gasteiger partial charge in [-0.1, -0.05) is 36.4 Å². The molecule has 0 fully saturated rings. The maximum atomic E-state index is 10.2. The molecule has 0 radical (unpaired) electrons. The van der Waals surface area contributed by atoms with Crippen LogP contribution in [0.15, 0.2) is 60.7 Å². The summed E-state index contributed by atoms with van der Waals surface area (Å²) in [6, 6.07) is 17.2. The van der Waals surface area contributed by atoms with Crippen molar-refractivity contribution in [3.63, 3.8) is 0 Å². The van der Waals surface area contributed by atoms with Crippen molar-refractivity contribution >= 4 is 12.4 Å². The number of rotatable bonds is 4. The summed E-state index contributed by atoms with van der Waals surface area (Å²) < 4.78 is 5.64. The molecule has 0 unspecified atom stereocenters.